The van der Waals surface area contributed by atoms with Crippen molar-refractivity contribution < 1.29 is 14.3 Å². The lowest BCUT2D eigenvalue weighted by molar-refractivity contribution is -0.145. The highest BCUT2D eigenvalue weighted by atomic mass is 16.5. The number of rotatable bonds is 4. The molecule has 5 heteroatoms. The van der Waals surface area contributed by atoms with E-state index in [4.69, 9.17) is 4.74 Å². The second-order valence-electron chi connectivity index (χ2n) is 5.92. The molecule has 3 aliphatic rings. The van der Waals surface area contributed by atoms with Gasteiger partial charge in [0, 0.05) is 13.2 Å². The van der Waals surface area contributed by atoms with Gasteiger partial charge in [0.2, 0.25) is 11.8 Å². The lowest BCUT2D eigenvalue weighted by atomic mass is 10.0. The Morgan fingerprint density at radius 3 is 2.74 bits per heavy atom. The van der Waals surface area contributed by atoms with E-state index in [1.54, 1.807) is 4.90 Å². The van der Waals surface area contributed by atoms with E-state index >= 15 is 0 Å². The Bertz CT molecular complexity index is 362. The van der Waals surface area contributed by atoms with Gasteiger partial charge in [-0.2, -0.15) is 0 Å². The number of carbonyl (C=O) groups excluding carboxylic acids is 2. The van der Waals surface area contributed by atoms with Gasteiger partial charge in [-0.25, -0.2) is 0 Å². The van der Waals surface area contributed by atoms with Gasteiger partial charge in [-0.1, -0.05) is 0 Å². The van der Waals surface area contributed by atoms with Crippen LogP contribution in [0.2, 0.25) is 0 Å². The second-order valence-corrected chi connectivity index (χ2v) is 5.92. The van der Waals surface area contributed by atoms with Crippen molar-refractivity contribution >= 4 is 11.8 Å². The van der Waals surface area contributed by atoms with E-state index in [1.807, 2.05) is 0 Å². The van der Waals surface area contributed by atoms with Crippen molar-refractivity contribution in [2.24, 2.45) is 5.92 Å². The molecule has 2 atom stereocenters. The highest BCUT2D eigenvalue weighted by molar-refractivity contribution is 5.95. The van der Waals surface area contributed by atoms with Gasteiger partial charge in [0.25, 0.3) is 0 Å². The fourth-order valence-electron chi connectivity index (χ4n) is 3.00. The zero-order valence-corrected chi connectivity index (χ0v) is 11.3. The topological polar surface area (TPSA) is 58.6 Å². The third-order valence-electron chi connectivity index (χ3n) is 4.32. The standard InChI is InChI=1S/C14H22N2O3/c17-12-9-16(7-6-11-3-1-2-8-19-11)14(18)13(15-12)10-4-5-10/h10-11,13H,1-9H2,(H,15,17). The zero-order valence-electron chi connectivity index (χ0n) is 11.3. The first-order valence-corrected chi connectivity index (χ1v) is 7.44. The van der Waals surface area contributed by atoms with Gasteiger partial charge in [-0.05, 0) is 44.4 Å². The van der Waals surface area contributed by atoms with Crippen LogP contribution in [0.4, 0.5) is 0 Å². The van der Waals surface area contributed by atoms with E-state index in [9.17, 15) is 9.59 Å². The van der Waals surface area contributed by atoms with Gasteiger partial charge in [-0.15, -0.1) is 0 Å². The van der Waals surface area contributed by atoms with Crippen LogP contribution >= 0.6 is 0 Å². The molecule has 1 N–H and O–H groups in total. The van der Waals surface area contributed by atoms with E-state index in [1.165, 1.54) is 6.42 Å². The number of carbonyl (C=O) groups is 2. The van der Waals surface area contributed by atoms with E-state index in [0.717, 1.165) is 38.7 Å². The Kier molecular flexibility index (Phi) is 3.73. The summed E-state index contributed by atoms with van der Waals surface area (Å²) in [7, 11) is 0. The lowest BCUT2D eigenvalue weighted by Gasteiger charge is -2.34. The van der Waals surface area contributed by atoms with Crippen LogP contribution in [-0.4, -0.2) is 48.6 Å². The average Bonchev–Trinajstić information content (AvgIpc) is 3.25. The Balaban J connectivity index is 1.53. The minimum atomic E-state index is -0.256. The molecule has 5 nitrogen and oxygen atoms in total. The van der Waals surface area contributed by atoms with Gasteiger partial charge in [0.1, 0.15) is 6.04 Å². The Morgan fingerprint density at radius 2 is 2.05 bits per heavy atom. The Labute approximate surface area is 113 Å². The Morgan fingerprint density at radius 1 is 1.21 bits per heavy atom. The van der Waals surface area contributed by atoms with Crippen LogP contribution in [0, 0.1) is 5.92 Å². The van der Waals surface area contributed by atoms with Crippen LogP contribution in [-0.2, 0) is 14.3 Å². The third-order valence-corrected chi connectivity index (χ3v) is 4.32. The maximum atomic E-state index is 12.3. The minimum absolute atomic E-state index is 0.0129. The molecule has 3 fully saturated rings. The molecular weight excluding hydrogens is 244 g/mol. The number of amides is 2. The monoisotopic (exact) mass is 266 g/mol. The summed E-state index contributed by atoms with van der Waals surface area (Å²) >= 11 is 0. The summed E-state index contributed by atoms with van der Waals surface area (Å²) in [6.07, 6.45) is 6.70. The summed E-state index contributed by atoms with van der Waals surface area (Å²) < 4.78 is 5.68. The SMILES string of the molecule is O=C1CN(CCC2CCCCO2)C(=O)C(C2CC2)N1. The van der Waals surface area contributed by atoms with E-state index in [2.05, 4.69) is 5.32 Å². The summed E-state index contributed by atoms with van der Waals surface area (Å²) in [6.45, 7) is 1.71. The zero-order chi connectivity index (χ0) is 13.2. The molecule has 2 amide bonds. The molecule has 0 bridgehead atoms. The first-order valence-electron chi connectivity index (χ1n) is 7.44. The smallest absolute Gasteiger partial charge is 0.245 e. The van der Waals surface area contributed by atoms with Crippen molar-refractivity contribution in [3.63, 3.8) is 0 Å². The first kappa shape index (κ1) is 12.9. The van der Waals surface area contributed by atoms with E-state index in [0.29, 0.717) is 12.5 Å². The molecule has 0 radical (unpaired) electrons. The molecule has 2 aliphatic heterocycles. The van der Waals surface area contributed by atoms with Gasteiger partial charge < -0.3 is 15.0 Å². The highest BCUT2D eigenvalue weighted by Gasteiger charge is 2.42. The molecule has 1 aliphatic carbocycles. The Hall–Kier alpha value is -1.10. The van der Waals surface area contributed by atoms with Crippen LogP contribution in [0.3, 0.4) is 0 Å². The summed E-state index contributed by atoms with van der Waals surface area (Å²) in [6, 6.07) is -0.256. The second kappa shape index (κ2) is 5.49. The van der Waals surface area contributed by atoms with Crippen LogP contribution < -0.4 is 5.32 Å². The van der Waals surface area contributed by atoms with Crippen LogP contribution in [0.15, 0.2) is 0 Å². The minimum Gasteiger partial charge on any atom is -0.378 e. The molecular formula is C14H22N2O3. The van der Waals surface area contributed by atoms with Crippen LogP contribution in [0.25, 0.3) is 0 Å². The third kappa shape index (κ3) is 3.08. The van der Waals surface area contributed by atoms with Crippen molar-refractivity contribution in [1.82, 2.24) is 10.2 Å². The highest BCUT2D eigenvalue weighted by Crippen LogP contribution is 2.34. The summed E-state index contributed by atoms with van der Waals surface area (Å²) in [5.41, 5.74) is 0. The molecule has 2 unspecified atom stereocenters. The summed E-state index contributed by atoms with van der Waals surface area (Å²) in [5, 5.41) is 2.83. The van der Waals surface area contributed by atoms with E-state index in [-0.39, 0.29) is 30.5 Å². The molecule has 0 aromatic carbocycles. The van der Waals surface area contributed by atoms with Crippen molar-refractivity contribution in [1.29, 1.82) is 0 Å². The van der Waals surface area contributed by atoms with Gasteiger partial charge in [0.05, 0.1) is 12.6 Å². The summed E-state index contributed by atoms with van der Waals surface area (Å²) in [5.74, 6) is 0.476. The molecule has 2 saturated heterocycles. The predicted molar refractivity (Wildman–Crippen MR) is 69.4 cm³/mol. The van der Waals surface area contributed by atoms with Gasteiger partial charge in [0.15, 0.2) is 0 Å². The molecule has 2 heterocycles. The first-order chi connectivity index (χ1) is 9.24. The lowest BCUT2D eigenvalue weighted by Crippen LogP contribution is -2.59. The van der Waals surface area contributed by atoms with Crippen LogP contribution in [0.5, 0.6) is 0 Å². The number of hydrogen-bond donors (Lipinski definition) is 1. The largest absolute Gasteiger partial charge is 0.378 e. The number of hydrogen-bond acceptors (Lipinski definition) is 3. The van der Waals surface area contributed by atoms with Gasteiger partial charge in [-0.3, -0.25) is 9.59 Å². The van der Waals surface area contributed by atoms with Crippen molar-refractivity contribution in [2.45, 2.75) is 50.7 Å². The molecule has 0 aromatic heterocycles. The van der Waals surface area contributed by atoms with Crippen LogP contribution in [0.1, 0.15) is 38.5 Å². The molecule has 0 aromatic rings. The summed E-state index contributed by atoms with van der Waals surface area (Å²) in [4.78, 5) is 25.7. The van der Waals surface area contributed by atoms with Crippen molar-refractivity contribution in [3.05, 3.63) is 0 Å². The molecule has 3 rings (SSSR count). The average molecular weight is 266 g/mol. The van der Waals surface area contributed by atoms with Crippen molar-refractivity contribution in [3.8, 4) is 0 Å². The fraction of sp³-hybridized carbons (Fsp3) is 0.857. The normalized spacial score (nSPS) is 32.3. The molecule has 106 valence electrons. The van der Waals surface area contributed by atoms with Gasteiger partial charge >= 0.3 is 0 Å². The molecule has 19 heavy (non-hydrogen) atoms. The van der Waals surface area contributed by atoms with Crippen molar-refractivity contribution in [2.75, 3.05) is 19.7 Å². The maximum absolute atomic E-state index is 12.3. The molecule has 1 saturated carbocycles. The number of nitrogens with zero attached hydrogens (tertiary/aromatic N) is 1. The fourth-order valence-corrected chi connectivity index (χ4v) is 3.00. The predicted octanol–water partition coefficient (Wildman–Crippen LogP) is 0.683. The quantitative estimate of drug-likeness (QED) is 0.814. The molecule has 0 spiro atoms. The number of ether oxygens (including phenoxy) is 1. The maximum Gasteiger partial charge on any atom is 0.245 e. The number of nitrogens with one attached hydrogen (secondary N) is 1. The number of piperazine rings is 1. The van der Waals surface area contributed by atoms with E-state index < -0.39 is 0 Å².